The summed E-state index contributed by atoms with van der Waals surface area (Å²) in [6.45, 7) is 1.93. The van der Waals surface area contributed by atoms with Crippen molar-refractivity contribution in [1.82, 2.24) is 0 Å². The summed E-state index contributed by atoms with van der Waals surface area (Å²) in [5, 5.41) is 9.74. The van der Waals surface area contributed by atoms with E-state index in [4.69, 9.17) is 14.2 Å². The molecule has 1 rings (SSSR count). The van der Waals surface area contributed by atoms with Crippen molar-refractivity contribution in [3.05, 3.63) is 11.6 Å². The van der Waals surface area contributed by atoms with Crippen LogP contribution in [0.1, 0.15) is 12.5 Å². The third-order valence-corrected chi connectivity index (χ3v) is 2.26. The van der Waals surface area contributed by atoms with Gasteiger partial charge in [-0.1, -0.05) is 6.92 Å². The number of rotatable bonds is 4. The second-order valence-electron chi connectivity index (χ2n) is 3.00. The van der Waals surface area contributed by atoms with Gasteiger partial charge in [0.2, 0.25) is 5.75 Å². The van der Waals surface area contributed by atoms with Crippen LogP contribution < -0.4 is 14.2 Å². The minimum atomic E-state index is 0.159. The molecular formula is C11H16O4. The maximum Gasteiger partial charge on any atom is 0.203 e. The highest BCUT2D eigenvalue weighted by molar-refractivity contribution is 5.61. The van der Waals surface area contributed by atoms with Gasteiger partial charge < -0.3 is 19.3 Å². The maximum absolute atomic E-state index is 9.74. The van der Waals surface area contributed by atoms with Crippen LogP contribution >= 0.6 is 0 Å². The van der Waals surface area contributed by atoms with Crippen molar-refractivity contribution in [3.8, 4) is 23.0 Å². The Morgan fingerprint density at radius 1 is 1.07 bits per heavy atom. The number of methoxy groups -OCH3 is 3. The van der Waals surface area contributed by atoms with Gasteiger partial charge in [0.1, 0.15) is 5.75 Å². The van der Waals surface area contributed by atoms with Crippen molar-refractivity contribution < 1.29 is 19.3 Å². The molecule has 84 valence electrons. The molecule has 0 heterocycles. The Labute approximate surface area is 89.4 Å². The summed E-state index contributed by atoms with van der Waals surface area (Å²) in [4.78, 5) is 0. The highest BCUT2D eigenvalue weighted by Gasteiger charge is 2.18. The van der Waals surface area contributed by atoms with Gasteiger partial charge in [-0.05, 0) is 6.42 Å². The average molecular weight is 212 g/mol. The third-order valence-electron chi connectivity index (χ3n) is 2.26. The molecule has 0 saturated carbocycles. The SMILES string of the molecule is CCc1c(O)cc(OC)c(OC)c1OC. The van der Waals surface area contributed by atoms with Gasteiger partial charge >= 0.3 is 0 Å². The second-order valence-corrected chi connectivity index (χ2v) is 3.00. The van der Waals surface area contributed by atoms with Crippen molar-refractivity contribution in [3.63, 3.8) is 0 Å². The Morgan fingerprint density at radius 2 is 1.67 bits per heavy atom. The van der Waals surface area contributed by atoms with Crippen molar-refractivity contribution >= 4 is 0 Å². The minimum absolute atomic E-state index is 0.159. The van der Waals surface area contributed by atoms with Crippen LogP contribution in [0.5, 0.6) is 23.0 Å². The largest absolute Gasteiger partial charge is 0.507 e. The van der Waals surface area contributed by atoms with Crippen LogP contribution in [-0.2, 0) is 6.42 Å². The number of ether oxygens (including phenoxy) is 3. The van der Waals surface area contributed by atoms with Crippen LogP contribution in [0.4, 0.5) is 0 Å². The van der Waals surface area contributed by atoms with E-state index in [2.05, 4.69) is 0 Å². The highest BCUT2D eigenvalue weighted by Crippen LogP contribution is 2.44. The molecule has 0 atom stereocenters. The monoisotopic (exact) mass is 212 g/mol. The van der Waals surface area contributed by atoms with Crippen molar-refractivity contribution in [2.75, 3.05) is 21.3 Å². The Morgan fingerprint density at radius 3 is 2.07 bits per heavy atom. The number of aromatic hydroxyl groups is 1. The molecule has 0 aromatic heterocycles. The summed E-state index contributed by atoms with van der Waals surface area (Å²) in [5.74, 6) is 1.66. The second kappa shape index (κ2) is 4.77. The van der Waals surface area contributed by atoms with E-state index in [1.54, 1.807) is 0 Å². The van der Waals surface area contributed by atoms with Crippen LogP contribution in [-0.4, -0.2) is 26.4 Å². The Kier molecular flexibility index (Phi) is 3.66. The highest BCUT2D eigenvalue weighted by atomic mass is 16.5. The summed E-state index contributed by atoms with van der Waals surface area (Å²) in [5.41, 5.74) is 0.718. The number of hydrogen-bond acceptors (Lipinski definition) is 4. The topological polar surface area (TPSA) is 47.9 Å². The first-order chi connectivity index (χ1) is 7.19. The molecule has 0 aliphatic heterocycles. The van der Waals surface area contributed by atoms with Gasteiger partial charge in [0.15, 0.2) is 11.5 Å². The summed E-state index contributed by atoms with van der Waals surface area (Å²) >= 11 is 0. The van der Waals surface area contributed by atoms with E-state index in [9.17, 15) is 5.11 Å². The van der Waals surface area contributed by atoms with Crippen molar-refractivity contribution in [2.45, 2.75) is 13.3 Å². The molecule has 0 spiro atoms. The molecular weight excluding hydrogens is 196 g/mol. The van der Waals surface area contributed by atoms with E-state index in [1.165, 1.54) is 27.4 Å². The van der Waals surface area contributed by atoms with Gasteiger partial charge in [0.25, 0.3) is 0 Å². The summed E-state index contributed by atoms with van der Waals surface area (Å²) < 4.78 is 15.5. The van der Waals surface area contributed by atoms with E-state index in [0.717, 1.165) is 5.56 Å². The Balaban J connectivity index is 3.44. The smallest absolute Gasteiger partial charge is 0.203 e. The molecule has 1 aromatic rings. The summed E-state index contributed by atoms with van der Waals surface area (Å²) in [6, 6.07) is 1.53. The van der Waals surface area contributed by atoms with E-state index in [0.29, 0.717) is 23.7 Å². The normalized spacial score (nSPS) is 9.87. The Hall–Kier alpha value is -1.58. The molecule has 4 nitrogen and oxygen atoms in total. The molecule has 15 heavy (non-hydrogen) atoms. The Bertz CT molecular complexity index is 347. The van der Waals surface area contributed by atoms with Gasteiger partial charge in [-0.25, -0.2) is 0 Å². The fourth-order valence-electron chi connectivity index (χ4n) is 1.54. The minimum Gasteiger partial charge on any atom is -0.507 e. The van der Waals surface area contributed by atoms with Crippen molar-refractivity contribution in [1.29, 1.82) is 0 Å². The van der Waals surface area contributed by atoms with Gasteiger partial charge in [0, 0.05) is 11.6 Å². The number of benzene rings is 1. The molecule has 0 radical (unpaired) electrons. The number of phenolic OH excluding ortho intramolecular Hbond substituents is 1. The lowest BCUT2D eigenvalue weighted by Crippen LogP contribution is -1.98. The zero-order chi connectivity index (χ0) is 11.4. The van der Waals surface area contributed by atoms with Crippen LogP contribution in [0.15, 0.2) is 6.07 Å². The van der Waals surface area contributed by atoms with Gasteiger partial charge in [-0.2, -0.15) is 0 Å². The van der Waals surface area contributed by atoms with Crippen LogP contribution in [0.25, 0.3) is 0 Å². The van der Waals surface area contributed by atoms with E-state index < -0.39 is 0 Å². The molecule has 0 fully saturated rings. The zero-order valence-corrected chi connectivity index (χ0v) is 9.46. The van der Waals surface area contributed by atoms with E-state index >= 15 is 0 Å². The lowest BCUT2D eigenvalue weighted by Gasteiger charge is -2.16. The molecule has 1 aromatic carbocycles. The van der Waals surface area contributed by atoms with Gasteiger partial charge in [0.05, 0.1) is 21.3 Å². The fourth-order valence-corrected chi connectivity index (χ4v) is 1.54. The number of phenols is 1. The first kappa shape index (κ1) is 11.5. The first-order valence-electron chi connectivity index (χ1n) is 4.70. The lowest BCUT2D eigenvalue weighted by atomic mass is 10.1. The average Bonchev–Trinajstić information content (AvgIpc) is 2.27. The van der Waals surface area contributed by atoms with Gasteiger partial charge in [-0.3, -0.25) is 0 Å². The van der Waals surface area contributed by atoms with Gasteiger partial charge in [-0.15, -0.1) is 0 Å². The lowest BCUT2D eigenvalue weighted by molar-refractivity contribution is 0.317. The van der Waals surface area contributed by atoms with Crippen molar-refractivity contribution in [2.24, 2.45) is 0 Å². The maximum atomic E-state index is 9.74. The predicted octanol–water partition coefficient (Wildman–Crippen LogP) is 1.98. The molecule has 0 unspecified atom stereocenters. The summed E-state index contributed by atoms with van der Waals surface area (Å²) in [6.07, 6.45) is 0.662. The molecule has 1 N–H and O–H groups in total. The summed E-state index contributed by atoms with van der Waals surface area (Å²) in [7, 11) is 4.59. The van der Waals surface area contributed by atoms with Crippen LogP contribution in [0.2, 0.25) is 0 Å². The van der Waals surface area contributed by atoms with E-state index in [-0.39, 0.29) is 5.75 Å². The molecule has 0 saturated heterocycles. The standard InChI is InChI=1S/C11H16O4/c1-5-7-8(12)6-9(13-2)11(15-4)10(7)14-3/h6,12H,5H2,1-4H3. The molecule has 4 heteroatoms. The quantitative estimate of drug-likeness (QED) is 0.829. The van der Waals surface area contributed by atoms with Crippen LogP contribution in [0, 0.1) is 0 Å². The predicted molar refractivity (Wildman–Crippen MR) is 57.1 cm³/mol. The zero-order valence-electron chi connectivity index (χ0n) is 9.46. The molecule has 0 aliphatic rings. The first-order valence-corrected chi connectivity index (χ1v) is 4.70. The van der Waals surface area contributed by atoms with E-state index in [1.807, 2.05) is 6.92 Å². The molecule has 0 amide bonds. The number of hydrogen-bond donors (Lipinski definition) is 1. The molecule has 0 aliphatic carbocycles. The fraction of sp³-hybridized carbons (Fsp3) is 0.455. The molecule has 0 bridgehead atoms. The van der Waals surface area contributed by atoms with Crippen LogP contribution in [0.3, 0.4) is 0 Å². The third kappa shape index (κ3) is 1.93.